The molecule has 0 radical (unpaired) electrons. The minimum absolute atomic E-state index is 0.0213. The van der Waals surface area contributed by atoms with Gasteiger partial charge >= 0.3 is 0 Å². The van der Waals surface area contributed by atoms with E-state index in [9.17, 15) is 39.3 Å². The number of rotatable bonds is 14. The van der Waals surface area contributed by atoms with Gasteiger partial charge in [-0.2, -0.15) is 0 Å². The fourth-order valence-corrected chi connectivity index (χ4v) is 5.42. The van der Waals surface area contributed by atoms with Crippen molar-refractivity contribution in [3.63, 3.8) is 0 Å². The Labute approximate surface area is 285 Å². The molecule has 0 aliphatic carbocycles. The molecule has 4 bridgehead atoms. The van der Waals surface area contributed by atoms with Gasteiger partial charge in [0, 0.05) is 25.9 Å². The van der Waals surface area contributed by atoms with Gasteiger partial charge in [-0.25, -0.2) is 0 Å². The van der Waals surface area contributed by atoms with Gasteiger partial charge in [-0.1, -0.05) is 12.1 Å². The van der Waals surface area contributed by atoms with Crippen LogP contribution in [0.25, 0.3) is 11.1 Å². The topological polar surface area (TPSA) is 256 Å². The van der Waals surface area contributed by atoms with Gasteiger partial charge < -0.3 is 58.3 Å². The number of hydrogen-bond donors (Lipinski definition) is 11. The summed E-state index contributed by atoms with van der Waals surface area (Å²) >= 11 is 0. The molecule has 3 rings (SSSR count). The number of phenolic OH excluding ortho intramolecular Hbond substituents is 2. The van der Waals surface area contributed by atoms with Crippen molar-refractivity contribution in [2.75, 3.05) is 40.8 Å². The molecule has 5 amide bonds. The summed E-state index contributed by atoms with van der Waals surface area (Å²) in [4.78, 5) is 65.9. The number of phenols is 2. The molecule has 16 nitrogen and oxygen atoms in total. The van der Waals surface area contributed by atoms with E-state index in [4.69, 9.17) is 5.73 Å². The minimum atomic E-state index is -1.47. The molecule has 12 N–H and O–H groups in total. The average molecular weight is 685 g/mol. The number of nitrogens with one attached hydrogen (secondary N) is 7. The molecular weight excluding hydrogens is 636 g/mol. The molecule has 0 saturated carbocycles. The van der Waals surface area contributed by atoms with E-state index in [0.717, 1.165) is 0 Å². The summed E-state index contributed by atoms with van der Waals surface area (Å²) in [6.07, 6.45) is -0.878. The van der Waals surface area contributed by atoms with Crippen LogP contribution in [0.3, 0.4) is 0 Å². The first-order chi connectivity index (χ1) is 23.4. The maximum atomic E-state index is 13.8. The number of carbonyl (C=O) groups is 5. The largest absolute Gasteiger partial charge is 0.508 e. The van der Waals surface area contributed by atoms with Crippen LogP contribution >= 0.6 is 0 Å². The molecule has 2 aromatic carbocycles. The van der Waals surface area contributed by atoms with Crippen molar-refractivity contribution in [3.8, 4) is 22.6 Å². The molecule has 1 aliphatic rings. The third-order valence-corrected chi connectivity index (χ3v) is 8.21. The van der Waals surface area contributed by atoms with Gasteiger partial charge in [0.25, 0.3) is 0 Å². The van der Waals surface area contributed by atoms with Crippen LogP contribution in [0.15, 0.2) is 36.4 Å². The van der Waals surface area contributed by atoms with Crippen molar-refractivity contribution in [1.29, 1.82) is 0 Å². The van der Waals surface area contributed by atoms with Crippen molar-refractivity contribution in [2.45, 2.75) is 62.4 Å². The highest BCUT2D eigenvalue weighted by Crippen LogP contribution is 2.31. The van der Waals surface area contributed by atoms with Crippen LogP contribution in [0.5, 0.6) is 11.5 Å². The number of aliphatic hydroxyl groups excluding tert-OH is 1. The van der Waals surface area contributed by atoms with Crippen LogP contribution in [0, 0.1) is 0 Å². The molecular formula is C33H48N8O8. The van der Waals surface area contributed by atoms with Crippen molar-refractivity contribution in [1.82, 2.24) is 37.2 Å². The lowest BCUT2D eigenvalue weighted by Gasteiger charge is -2.26. The highest BCUT2D eigenvalue weighted by atomic mass is 16.3. The molecule has 2 aromatic rings. The zero-order chi connectivity index (χ0) is 36.1. The molecule has 1 aliphatic heterocycles. The highest BCUT2D eigenvalue weighted by Gasteiger charge is 2.32. The highest BCUT2D eigenvalue weighted by molar-refractivity contribution is 5.96. The Bertz CT molecular complexity index is 1490. The zero-order valence-corrected chi connectivity index (χ0v) is 28.0. The number of nitrogens with two attached hydrogens (primary N) is 1. The Morgan fingerprint density at radius 1 is 0.898 bits per heavy atom. The van der Waals surface area contributed by atoms with Crippen LogP contribution in [-0.2, 0) is 36.8 Å². The predicted molar refractivity (Wildman–Crippen MR) is 181 cm³/mol. The molecule has 49 heavy (non-hydrogen) atoms. The van der Waals surface area contributed by atoms with E-state index < -0.39 is 66.2 Å². The maximum Gasteiger partial charge on any atom is 0.243 e. The molecule has 0 saturated heterocycles. The normalized spacial score (nSPS) is 19.3. The molecule has 1 unspecified atom stereocenters. The Kier molecular flexibility index (Phi) is 14.8. The van der Waals surface area contributed by atoms with E-state index in [1.165, 1.54) is 12.1 Å². The van der Waals surface area contributed by atoms with Crippen molar-refractivity contribution < 1.29 is 39.3 Å². The Morgan fingerprint density at radius 3 is 2.10 bits per heavy atom. The number of hydrogen-bond acceptors (Lipinski definition) is 11. The Morgan fingerprint density at radius 2 is 1.53 bits per heavy atom. The van der Waals surface area contributed by atoms with Crippen LogP contribution in [-0.4, -0.2) is 116 Å². The van der Waals surface area contributed by atoms with Crippen molar-refractivity contribution >= 4 is 29.5 Å². The lowest BCUT2D eigenvalue weighted by Crippen LogP contribution is -2.58. The van der Waals surface area contributed by atoms with Crippen LogP contribution in [0.1, 0.15) is 30.4 Å². The van der Waals surface area contributed by atoms with Gasteiger partial charge in [0.2, 0.25) is 29.5 Å². The number of likely N-dealkylation sites (N-methyl/N-ethyl adjacent to an activating group) is 2. The molecule has 1 heterocycles. The second-order valence-electron chi connectivity index (χ2n) is 12.0. The molecule has 268 valence electrons. The number of fused-ring (bicyclic) bond motifs is 5. The van der Waals surface area contributed by atoms with Crippen molar-refractivity contribution in [3.05, 3.63) is 47.5 Å². The summed E-state index contributed by atoms with van der Waals surface area (Å²) in [6, 6.07) is 4.84. The number of aromatic hydroxyl groups is 2. The number of benzene rings is 2. The van der Waals surface area contributed by atoms with Gasteiger partial charge in [0.05, 0.1) is 18.6 Å². The molecule has 5 atom stereocenters. The van der Waals surface area contributed by atoms with Gasteiger partial charge in [-0.15, -0.1) is 0 Å². The van der Waals surface area contributed by atoms with E-state index in [0.29, 0.717) is 29.7 Å². The quantitative estimate of drug-likeness (QED) is 0.0926. The first-order valence-electron chi connectivity index (χ1n) is 16.1. The Balaban J connectivity index is 2.01. The zero-order valence-electron chi connectivity index (χ0n) is 28.0. The summed E-state index contributed by atoms with van der Waals surface area (Å²) < 4.78 is 0. The lowest BCUT2D eigenvalue weighted by molar-refractivity contribution is -0.134. The van der Waals surface area contributed by atoms with Crippen LogP contribution in [0.2, 0.25) is 0 Å². The number of aliphatic hydroxyl groups is 1. The lowest BCUT2D eigenvalue weighted by atomic mass is 9.95. The van der Waals surface area contributed by atoms with Crippen LogP contribution in [0.4, 0.5) is 0 Å². The summed E-state index contributed by atoms with van der Waals surface area (Å²) in [5, 5.41) is 50.4. The molecule has 0 fully saturated rings. The summed E-state index contributed by atoms with van der Waals surface area (Å²) in [5.41, 5.74) is 7.56. The Hall–Kier alpha value is -4.77. The monoisotopic (exact) mass is 684 g/mol. The van der Waals surface area contributed by atoms with Gasteiger partial charge in [-0.05, 0) is 87.0 Å². The van der Waals surface area contributed by atoms with E-state index in [-0.39, 0.29) is 49.4 Å². The molecule has 0 spiro atoms. The van der Waals surface area contributed by atoms with Crippen molar-refractivity contribution in [2.24, 2.45) is 5.73 Å². The number of primary amides is 1. The van der Waals surface area contributed by atoms with Gasteiger partial charge in [0.1, 0.15) is 29.6 Å². The van der Waals surface area contributed by atoms with Gasteiger partial charge in [0.15, 0.2) is 0 Å². The first kappa shape index (κ1) is 38.7. The maximum absolute atomic E-state index is 13.8. The number of carbonyl (C=O) groups excluding carboxylic acids is 5. The fraction of sp³-hybridized carbons (Fsp3) is 0.485. The summed E-state index contributed by atoms with van der Waals surface area (Å²) in [6.45, 7) is 0.644. The van der Waals surface area contributed by atoms with Gasteiger partial charge in [-0.3, -0.25) is 24.0 Å². The smallest absolute Gasteiger partial charge is 0.243 e. The summed E-state index contributed by atoms with van der Waals surface area (Å²) in [5.74, 6) is -3.92. The third kappa shape index (κ3) is 11.4. The predicted octanol–water partition coefficient (Wildman–Crippen LogP) is -2.52. The minimum Gasteiger partial charge on any atom is -0.508 e. The SMILES string of the molecule is CNCCC[C@@H]1NC(=O)[C@@H](NC)Cc2cc(ccc2O)-c2ccc(O)c(c2)C[C@@H](C(=O)N[C@@H](CC(=O)NCC(O)CNC)C(N)=O)NC1=O. The second-order valence-corrected chi connectivity index (χ2v) is 12.0. The first-order valence-corrected chi connectivity index (χ1v) is 16.1. The van der Waals surface area contributed by atoms with E-state index in [1.807, 2.05) is 0 Å². The number of amides is 5. The average Bonchev–Trinajstić information content (AvgIpc) is 3.06. The molecule has 16 heteroatoms. The molecule has 0 aromatic heterocycles. The third-order valence-electron chi connectivity index (χ3n) is 8.21. The fourth-order valence-electron chi connectivity index (χ4n) is 5.42. The standard InChI is InChI=1S/C33H48N8O8/c1-35-10-4-5-23-31(47)41-26(33(49)40-24(30(34)46)15-29(45)38-17-22(42)16-36-2)14-21-12-19(7-9-28(21)44)18-6-8-27(43)20(11-18)13-25(37-3)32(48)39-23/h6-9,11-12,22-26,35-37,42-44H,4-5,10,13-17H2,1-3H3,(H2,34,46)(H,38,45)(H,39,48)(H,40,49)(H,41,47)/t22?,23-,24-,25-,26-/m0/s1. The summed E-state index contributed by atoms with van der Waals surface area (Å²) in [7, 11) is 4.96. The second kappa shape index (κ2) is 18.7. The van der Waals surface area contributed by atoms with Crippen LogP contribution < -0.4 is 43.0 Å². The van der Waals surface area contributed by atoms with E-state index in [2.05, 4.69) is 37.2 Å². The van der Waals surface area contributed by atoms with E-state index in [1.54, 1.807) is 45.4 Å². The van der Waals surface area contributed by atoms with E-state index >= 15 is 0 Å².